The van der Waals surface area contributed by atoms with E-state index in [1.807, 2.05) is 0 Å². The topological polar surface area (TPSA) is 117 Å². The van der Waals surface area contributed by atoms with Crippen LogP contribution in [0.15, 0.2) is 12.1 Å². The van der Waals surface area contributed by atoms with Crippen molar-refractivity contribution >= 4 is 41.1 Å². The van der Waals surface area contributed by atoms with E-state index in [1.54, 1.807) is 6.92 Å². The van der Waals surface area contributed by atoms with Gasteiger partial charge in [-0.3, -0.25) is 14.4 Å². The average Bonchev–Trinajstić information content (AvgIpc) is 2.84. The number of likely N-dealkylation sites (tertiary alicyclic amines) is 1. The highest BCUT2D eigenvalue weighted by Gasteiger charge is 2.44. The summed E-state index contributed by atoms with van der Waals surface area (Å²) < 4.78 is 52.9. The molecule has 2 aliphatic heterocycles. The third kappa shape index (κ3) is 7.25. The second kappa shape index (κ2) is 11.9. The minimum atomic E-state index is -4.91. The SMILES string of the molecule is CCC(=O)NCCN1C(=O)C(C)(C)Oc2cc(C(F)(F)F)c(C(=O)N[C@@H]3CCCN(C(=O)OC(C)Cl)C3)cc21. The van der Waals surface area contributed by atoms with Gasteiger partial charge in [0.25, 0.3) is 11.8 Å². The Balaban J connectivity index is 1.92. The fourth-order valence-corrected chi connectivity index (χ4v) is 4.50. The number of nitrogens with one attached hydrogen (secondary N) is 2. The van der Waals surface area contributed by atoms with E-state index in [4.69, 9.17) is 21.1 Å². The number of carbonyl (C=O) groups is 4. The lowest BCUT2D eigenvalue weighted by Gasteiger charge is -2.39. The standard InChI is InChI=1S/C25H32ClF3N4O6/c1-5-20(34)30-8-10-33-18-11-16(17(25(27,28)29)12-19(18)39-24(3,4)22(33)36)21(35)31-15-7-6-9-32(13-15)23(37)38-14(2)26/h11-12,14-15H,5-10,13H2,1-4H3,(H,30,34)(H,31,35)/t14?,15-/m1/s1. The fourth-order valence-electron chi connectivity index (χ4n) is 4.43. The molecule has 14 heteroatoms. The van der Waals surface area contributed by atoms with Gasteiger partial charge in [-0.2, -0.15) is 13.2 Å². The maximum absolute atomic E-state index is 14.1. The van der Waals surface area contributed by atoms with Crippen molar-refractivity contribution in [3.05, 3.63) is 23.3 Å². The number of fused-ring (bicyclic) bond motifs is 1. The van der Waals surface area contributed by atoms with Crippen LogP contribution < -0.4 is 20.3 Å². The van der Waals surface area contributed by atoms with Gasteiger partial charge in [0.05, 0.1) is 16.8 Å². The van der Waals surface area contributed by atoms with Crippen molar-refractivity contribution in [2.24, 2.45) is 0 Å². The number of rotatable bonds is 7. The van der Waals surface area contributed by atoms with Crippen LogP contribution in [0, 0.1) is 0 Å². The first kappa shape index (κ1) is 30.3. The first-order chi connectivity index (χ1) is 18.1. The van der Waals surface area contributed by atoms with Crippen LogP contribution in [0.3, 0.4) is 0 Å². The molecule has 1 fully saturated rings. The minimum Gasteiger partial charge on any atom is -0.476 e. The Hall–Kier alpha value is -3.22. The molecule has 4 amide bonds. The molecule has 2 aliphatic rings. The van der Waals surface area contributed by atoms with Crippen LogP contribution >= 0.6 is 11.6 Å². The van der Waals surface area contributed by atoms with E-state index in [0.29, 0.717) is 25.5 Å². The van der Waals surface area contributed by atoms with Gasteiger partial charge in [0.1, 0.15) is 5.75 Å². The molecule has 2 atom stereocenters. The number of benzene rings is 1. The van der Waals surface area contributed by atoms with Gasteiger partial charge in [-0.1, -0.05) is 18.5 Å². The molecular weight excluding hydrogens is 545 g/mol. The van der Waals surface area contributed by atoms with Crippen LogP contribution in [-0.2, 0) is 20.5 Å². The molecule has 39 heavy (non-hydrogen) atoms. The van der Waals surface area contributed by atoms with Crippen LogP contribution in [0.2, 0.25) is 0 Å². The molecule has 1 aromatic carbocycles. The number of anilines is 1. The predicted molar refractivity (Wildman–Crippen MR) is 136 cm³/mol. The molecule has 0 aromatic heterocycles. The number of alkyl halides is 4. The van der Waals surface area contributed by atoms with E-state index in [1.165, 1.54) is 30.6 Å². The van der Waals surface area contributed by atoms with Crippen molar-refractivity contribution in [2.75, 3.05) is 31.1 Å². The fraction of sp³-hybridized carbons (Fsp3) is 0.600. The summed E-state index contributed by atoms with van der Waals surface area (Å²) in [5.41, 5.74) is -4.30. The summed E-state index contributed by atoms with van der Waals surface area (Å²) in [6.07, 6.45) is -4.46. The zero-order valence-electron chi connectivity index (χ0n) is 22.1. The van der Waals surface area contributed by atoms with Gasteiger partial charge in [-0.25, -0.2) is 4.79 Å². The maximum atomic E-state index is 14.1. The molecule has 10 nitrogen and oxygen atoms in total. The molecule has 0 aliphatic carbocycles. The number of piperidine rings is 1. The lowest BCUT2D eigenvalue weighted by Crippen LogP contribution is -2.54. The monoisotopic (exact) mass is 576 g/mol. The third-order valence-electron chi connectivity index (χ3n) is 6.32. The smallest absolute Gasteiger partial charge is 0.417 e. The van der Waals surface area contributed by atoms with Crippen LogP contribution in [-0.4, -0.2) is 72.1 Å². The molecule has 2 heterocycles. The summed E-state index contributed by atoms with van der Waals surface area (Å²) in [4.78, 5) is 52.7. The van der Waals surface area contributed by atoms with E-state index in [-0.39, 0.29) is 43.4 Å². The van der Waals surface area contributed by atoms with Crippen molar-refractivity contribution in [3.63, 3.8) is 0 Å². The van der Waals surface area contributed by atoms with E-state index in [0.717, 1.165) is 6.07 Å². The molecule has 0 bridgehead atoms. The average molecular weight is 577 g/mol. The molecule has 0 saturated carbocycles. The van der Waals surface area contributed by atoms with Gasteiger partial charge in [-0.15, -0.1) is 0 Å². The van der Waals surface area contributed by atoms with Crippen LogP contribution in [0.25, 0.3) is 0 Å². The maximum Gasteiger partial charge on any atom is 0.417 e. The highest BCUT2D eigenvalue weighted by Crippen LogP contribution is 2.43. The zero-order chi connectivity index (χ0) is 29.1. The number of hydrogen-bond donors (Lipinski definition) is 2. The molecule has 2 N–H and O–H groups in total. The molecule has 0 spiro atoms. The lowest BCUT2D eigenvalue weighted by atomic mass is 9.98. The summed E-state index contributed by atoms with van der Waals surface area (Å²) in [6.45, 7) is 6.35. The van der Waals surface area contributed by atoms with Crippen LogP contribution in [0.4, 0.5) is 23.7 Å². The number of ether oxygens (including phenoxy) is 2. The number of hydrogen-bond acceptors (Lipinski definition) is 6. The van der Waals surface area contributed by atoms with Crippen molar-refractivity contribution in [2.45, 2.75) is 70.3 Å². The summed E-state index contributed by atoms with van der Waals surface area (Å²) in [5, 5.41) is 5.20. The molecule has 0 radical (unpaired) electrons. The Bertz CT molecular complexity index is 1130. The van der Waals surface area contributed by atoms with Crippen molar-refractivity contribution in [1.29, 1.82) is 0 Å². The molecule has 1 saturated heterocycles. The quantitative estimate of drug-likeness (QED) is 0.479. The van der Waals surface area contributed by atoms with Crippen molar-refractivity contribution in [3.8, 4) is 5.75 Å². The number of halogens is 4. The van der Waals surface area contributed by atoms with E-state index >= 15 is 0 Å². The van der Waals surface area contributed by atoms with E-state index in [9.17, 15) is 32.3 Å². The Labute approximate surface area is 229 Å². The highest BCUT2D eigenvalue weighted by atomic mass is 35.5. The predicted octanol–water partition coefficient (Wildman–Crippen LogP) is 3.65. The van der Waals surface area contributed by atoms with Crippen molar-refractivity contribution in [1.82, 2.24) is 15.5 Å². The summed E-state index contributed by atoms with van der Waals surface area (Å²) in [5.74, 6) is -2.03. The zero-order valence-corrected chi connectivity index (χ0v) is 22.9. The molecule has 3 rings (SSSR count). The van der Waals surface area contributed by atoms with Crippen LogP contribution in [0.1, 0.15) is 62.9 Å². The summed E-state index contributed by atoms with van der Waals surface area (Å²) in [6, 6.07) is 1.05. The Morgan fingerprint density at radius 1 is 1.28 bits per heavy atom. The van der Waals surface area contributed by atoms with Gasteiger partial charge in [-0.05, 0) is 45.7 Å². The minimum absolute atomic E-state index is 0.0202. The van der Waals surface area contributed by atoms with Gasteiger partial charge >= 0.3 is 12.3 Å². The Morgan fingerprint density at radius 2 is 1.97 bits per heavy atom. The number of carbonyl (C=O) groups excluding carboxylic acids is 4. The summed E-state index contributed by atoms with van der Waals surface area (Å²) >= 11 is 5.70. The Morgan fingerprint density at radius 3 is 2.59 bits per heavy atom. The second-order valence-electron chi connectivity index (χ2n) is 9.82. The number of amides is 4. The molecule has 1 unspecified atom stereocenters. The Kier molecular flexibility index (Phi) is 9.24. The second-order valence-corrected chi connectivity index (χ2v) is 10.4. The van der Waals surface area contributed by atoms with Crippen LogP contribution in [0.5, 0.6) is 5.75 Å². The molecule has 1 aromatic rings. The van der Waals surface area contributed by atoms with E-state index in [2.05, 4.69) is 10.6 Å². The van der Waals surface area contributed by atoms with Crippen molar-refractivity contribution < 1.29 is 41.8 Å². The van der Waals surface area contributed by atoms with Gasteiger partial charge in [0.15, 0.2) is 11.2 Å². The molecular formula is C25H32ClF3N4O6. The van der Waals surface area contributed by atoms with E-state index < -0.39 is 52.4 Å². The van der Waals surface area contributed by atoms with Gasteiger partial charge < -0.3 is 29.9 Å². The third-order valence-corrected chi connectivity index (χ3v) is 6.41. The van der Waals surface area contributed by atoms with Gasteiger partial charge in [0.2, 0.25) is 5.91 Å². The first-order valence-electron chi connectivity index (χ1n) is 12.6. The lowest BCUT2D eigenvalue weighted by molar-refractivity contribution is -0.138. The summed E-state index contributed by atoms with van der Waals surface area (Å²) in [7, 11) is 0. The first-order valence-corrected chi connectivity index (χ1v) is 13.0. The molecule has 216 valence electrons. The highest BCUT2D eigenvalue weighted by molar-refractivity contribution is 6.19. The van der Waals surface area contributed by atoms with Gasteiger partial charge in [0, 0.05) is 38.6 Å². The number of nitrogens with zero attached hydrogens (tertiary/aromatic N) is 2. The normalized spacial score (nSPS) is 19.5. The largest absolute Gasteiger partial charge is 0.476 e.